The van der Waals surface area contributed by atoms with Gasteiger partial charge in [-0.1, -0.05) is 11.2 Å². The number of nitrogens with zero attached hydrogens (tertiary/aromatic N) is 1. The molecule has 0 aliphatic carbocycles. The SMILES string of the molecule is COc1cccc2[nH]cc(-c3cc(C(=O)O)no3)c12. The van der Waals surface area contributed by atoms with Gasteiger partial charge in [0.2, 0.25) is 0 Å². The summed E-state index contributed by atoms with van der Waals surface area (Å²) in [5.74, 6) is -0.0584. The number of aromatic amines is 1. The molecule has 0 bridgehead atoms. The van der Waals surface area contributed by atoms with E-state index in [9.17, 15) is 4.79 Å². The fraction of sp³-hybridized carbons (Fsp3) is 0.0769. The minimum atomic E-state index is -1.12. The summed E-state index contributed by atoms with van der Waals surface area (Å²) >= 11 is 0. The molecule has 2 aromatic heterocycles. The van der Waals surface area contributed by atoms with Crippen molar-refractivity contribution in [3.8, 4) is 17.1 Å². The Morgan fingerprint density at radius 3 is 3.00 bits per heavy atom. The van der Waals surface area contributed by atoms with Gasteiger partial charge in [-0.15, -0.1) is 0 Å². The molecular formula is C13H10N2O4. The number of aromatic carboxylic acids is 1. The molecular weight excluding hydrogens is 248 g/mol. The first-order chi connectivity index (χ1) is 9.20. The molecule has 3 aromatic rings. The lowest BCUT2D eigenvalue weighted by molar-refractivity contribution is 0.0686. The Hall–Kier alpha value is -2.76. The van der Waals surface area contributed by atoms with Gasteiger partial charge in [-0.2, -0.15) is 0 Å². The normalized spacial score (nSPS) is 10.8. The number of benzene rings is 1. The van der Waals surface area contributed by atoms with Gasteiger partial charge in [0, 0.05) is 23.3 Å². The zero-order valence-corrected chi connectivity index (χ0v) is 10.0. The van der Waals surface area contributed by atoms with Crippen molar-refractivity contribution >= 4 is 16.9 Å². The highest BCUT2D eigenvalue weighted by atomic mass is 16.5. The van der Waals surface area contributed by atoms with Crippen LogP contribution < -0.4 is 4.74 Å². The fourth-order valence-electron chi connectivity index (χ4n) is 2.02. The smallest absolute Gasteiger partial charge is 0.358 e. The van der Waals surface area contributed by atoms with Crippen molar-refractivity contribution in [3.63, 3.8) is 0 Å². The summed E-state index contributed by atoms with van der Waals surface area (Å²) in [6.07, 6.45) is 1.74. The van der Waals surface area contributed by atoms with Crippen LogP contribution in [0.5, 0.6) is 5.75 Å². The number of hydrogen-bond donors (Lipinski definition) is 2. The van der Waals surface area contributed by atoms with E-state index in [1.165, 1.54) is 6.07 Å². The minimum Gasteiger partial charge on any atom is -0.496 e. The highest BCUT2D eigenvalue weighted by Crippen LogP contribution is 2.35. The summed E-state index contributed by atoms with van der Waals surface area (Å²) in [5.41, 5.74) is 1.47. The Morgan fingerprint density at radius 2 is 2.32 bits per heavy atom. The Kier molecular flexibility index (Phi) is 2.49. The molecule has 0 spiro atoms. The van der Waals surface area contributed by atoms with E-state index in [0.29, 0.717) is 17.1 Å². The van der Waals surface area contributed by atoms with Gasteiger partial charge in [0.15, 0.2) is 11.5 Å². The number of methoxy groups -OCH3 is 1. The maximum atomic E-state index is 10.8. The molecule has 2 heterocycles. The second kappa shape index (κ2) is 4.16. The number of nitrogens with one attached hydrogen (secondary N) is 1. The van der Waals surface area contributed by atoms with Crippen LogP contribution in [-0.2, 0) is 0 Å². The molecule has 0 saturated heterocycles. The van der Waals surface area contributed by atoms with E-state index in [4.69, 9.17) is 14.4 Å². The van der Waals surface area contributed by atoms with Crippen molar-refractivity contribution in [2.75, 3.05) is 7.11 Å². The highest BCUT2D eigenvalue weighted by Gasteiger charge is 2.17. The van der Waals surface area contributed by atoms with Crippen LogP contribution in [-0.4, -0.2) is 28.3 Å². The van der Waals surface area contributed by atoms with Gasteiger partial charge < -0.3 is 19.4 Å². The van der Waals surface area contributed by atoms with Crippen LogP contribution >= 0.6 is 0 Å². The first kappa shape index (κ1) is 11.3. The number of carboxylic acid groups (broad SMARTS) is 1. The Labute approximate surface area is 107 Å². The monoisotopic (exact) mass is 258 g/mol. The molecule has 0 atom stereocenters. The van der Waals surface area contributed by atoms with Gasteiger partial charge in [0.1, 0.15) is 5.75 Å². The summed E-state index contributed by atoms with van der Waals surface area (Å²) in [6.45, 7) is 0. The topological polar surface area (TPSA) is 88.4 Å². The van der Waals surface area contributed by atoms with E-state index < -0.39 is 5.97 Å². The minimum absolute atomic E-state index is 0.126. The molecule has 0 saturated carbocycles. The molecule has 19 heavy (non-hydrogen) atoms. The third-order valence-electron chi connectivity index (χ3n) is 2.88. The van der Waals surface area contributed by atoms with Crippen LogP contribution in [0, 0.1) is 0 Å². The quantitative estimate of drug-likeness (QED) is 0.753. The third-order valence-corrected chi connectivity index (χ3v) is 2.88. The number of carboxylic acids is 1. The zero-order valence-electron chi connectivity index (χ0n) is 10.0. The van der Waals surface area contributed by atoms with E-state index in [1.54, 1.807) is 13.3 Å². The number of rotatable bonds is 3. The van der Waals surface area contributed by atoms with Crippen molar-refractivity contribution in [2.45, 2.75) is 0 Å². The Bertz CT molecular complexity index is 757. The van der Waals surface area contributed by atoms with Gasteiger partial charge in [-0.05, 0) is 12.1 Å². The van der Waals surface area contributed by atoms with Crippen molar-refractivity contribution in [1.82, 2.24) is 10.1 Å². The molecule has 96 valence electrons. The molecule has 3 rings (SSSR count). The first-order valence-corrected chi connectivity index (χ1v) is 5.55. The lowest BCUT2D eigenvalue weighted by Gasteiger charge is -2.02. The number of carbonyl (C=O) groups is 1. The van der Waals surface area contributed by atoms with Crippen LogP contribution in [0.2, 0.25) is 0 Å². The standard InChI is InChI=1S/C13H10N2O4/c1-18-10-4-2-3-8-12(10)7(6-14-8)11-5-9(13(16)17)15-19-11/h2-6,14H,1H3,(H,16,17). The number of aromatic nitrogens is 2. The average molecular weight is 258 g/mol. The summed E-state index contributed by atoms with van der Waals surface area (Å²) in [4.78, 5) is 13.9. The largest absolute Gasteiger partial charge is 0.496 e. The Morgan fingerprint density at radius 1 is 1.47 bits per heavy atom. The highest BCUT2D eigenvalue weighted by molar-refractivity contribution is 5.99. The second-order valence-electron chi connectivity index (χ2n) is 3.97. The van der Waals surface area contributed by atoms with Crippen molar-refractivity contribution < 1.29 is 19.2 Å². The fourth-order valence-corrected chi connectivity index (χ4v) is 2.02. The van der Waals surface area contributed by atoms with E-state index in [1.807, 2.05) is 18.2 Å². The Balaban J connectivity index is 2.21. The molecule has 0 fully saturated rings. The molecule has 0 aliphatic rings. The second-order valence-corrected chi connectivity index (χ2v) is 3.97. The predicted octanol–water partition coefficient (Wildman–Crippen LogP) is 2.53. The van der Waals surface area contributed by atoms with Crippen LogP contribution in [0.15, 0.2) is 35.0 Å². The van der Waals surface area contributed by atoms with Crippen LogP contribution in [0.25, 0.3) is 22.2 Å². The number of H-pyrrole nitrogens is 1. The maximum absolute atomic E-state index is 10.8. The van der Waals surface area contributed by atoms with E-state index in [0.717, 1.165) is 10.9 Å². The third kappa shape index (κ3) is 1.74. The van der Waals surface area contributed by atoms with Crippen LogP contribution in [0.4, 0.5) is 0 Å². The summed E-state index contributed by atoms with van der Waals surface area (Å²) in [5, 5.41) is 13.2. The molecule has 0 amide bonds. The molecule has 0 radical (unpaired) electrons. The van der Waals surface area contributed by atoms with E-state index >= 15 is 0 Å². The van der Waals surface area contributed by atoms with Crippen LogP contribution in [0.1, 0.15) is 10.5 Å². The van der Waals surface area contributed by atoms with Gasteiger partial charge in [0.05, 0.1) is 12.5 Å². The van der Waals surface area contributed by atoms with Crippen LogP contribution in [0.3, 0.4) is 0 Å². The van der Waals surface area contributed by atoms with Gasteiger partial charge in [-0.3, -0.25) is 0 Å². The molecule has 1 aromatic carbocycles. The summed E-state index contributed by atoms with van der Waals surface area (Å²) < 4.78 is 10.4. The van der Waals surface area contributed by atoms with Gasteiger partial charge in [0.25, 0.3) is 0 Å². The van der Waals surface area contributed by atoms with Crippen molar-refractivity contribution in [3.05, 3.63) is 36.2 Å². The average Bonchev–Trinajstić information content (AvgIpc) is 3.04. The van der Waals surface area contributed by atoms with Crippen molar-refractivity contribution in [2.24, 2.45) is 0 Å². The van der Waals surface area contributed by atoms with Crippen molar-refractivity contribution in [1.29, 1.82) is 0 Å². The summed E-state index contributed by atoms with van der Waals surface area (Å²) in [7, 11) is 1.58. The van der Waals surface area contributed by atoms with Gasteiger partial charge >= 0.3 is 5.97 Å². The van der Waals surface area contributed by atoms with Gasteiger partial charge in [-0.25, -0.2) is 4.79 Å². The molecule has 0 unspecified atom stereocenters. The molecule has 2 N–H and O–H groups in total. The van der Waals surface area contributed by atoms with E-state index in [-0.39, 0.29) is 5.69 Å². The molecule has 6 heteroatoms. The number of hydrogen-bond acceptors (Lipinski definition) is 4. The zero-order chi connectivity index (χ0) is 13.4. The molecule has 6 nitrogen and oxygen atoms in total. The first-order valence-electron chi connectivity index (χ1n) is 5.55. The number of fused-ring (bicyclic) bond motifs is 1. The lowest BCUT2D eigenvalue weighted by Crippen LogP contribution is -1.94. The maximum Gasteiger partial charge on any atom is 0.358 e. The number of ether oxygens (including phenoxy) is 1. The van der Waals surface area contributed by atoms with E-state index in [2.05, 4.69) is 10.1 Å². The molecule has 0 aliphatic heterocycles. The predicted molar refractivity (Wildman–Crippen MR) is 67.3 cm³/mol. The summed E-state index contributed by atoms with van der Waals surface area (Å²) in [6, 6.07) is 6.98. The lowest BCUT2D eigenvalue weighted by atomic mass is 10.1.